The van der Waals surface area contributed by atoms with Gasteiger partial charge < -0.3 is 10.1 Å². The summed E-state index contributed by atoms with van der Waals surface area (Å²) in [6.45, 7) is 0. The quantitative estimate of drug-likeness (QED) is 0.533. The molecule has 3 aromatic rings. The molecule has 7 nitrogen and oxygen atoms in total. The lowest BCUT2D eigenvalue weighted by atomic mass is 10.2. The third-order valence-corrected chi connectivity index (χ3v) is 8.91. The summed E-state index contributed by atoms with van der Waals surface area (Å²) in [5.74, 6) is -0.968. The van der Waals surface area contributed by atoms with Gasteiger partial charge in [-0.2, -0.15) is 4.31 Å². The highest BCUT2D eigenvalue weighted by Gasteiger charge is 2.30. The van der Waals surface area contributed by atoms with Gasteiger partial charge in [-0.05, 0) is 43.2 Å². The first kappa shape index (κ1) is 22.4. The molecular formula is C23H24N2O5S2. The standard InChI is InChI=1S/C23H24N2O5S2/c1-25(16-7-3-4-8-16)32(28,29)17-13-11-15(12-14-17)22(26)24-20-18-9-5-6-10-19(18)31-21(20)23(27)30-2/h5-6,9-14,16H,3-4,7-8H2,1-2H3,(H,24,26). The lowest BCUT2D eigenvalue weighted by molar-refractivity contribution is 0.0607. The van der Waals surface area contributed by atoms with Crippen LogP contribution in [0.2, 0.25) is 0 Å². The molecular weight excluding hydrogens is 448 g/mol. The number of amides is 1. The Kier molecular flexibility index (Phi) is 6.32. The van der Waals surface area contributed by atoms with Gasteiger partial charge >= 0.3 is 5.97 Å². The smallest absolute Gasteiger partial charge is 0.350 e. The second kappa shape index (κ2) is 9.01. The molecule has 1 fully saturated rings. The maximum absolute atomic E-state index is 12.9. The molecule has 1 aliphatic carbocycles. The zero-order valence-corrected chi connectivity index (χ0v) is 19.5. The van der Waals surface area contributed by atoms with Crippen LogP contribution in [0.1, 0.15) is 45.7 Å². The molecule has 0 aliphatic heterocycles. The summed E-state index contributed by atoms with van der Waals surface area (Å²) in [5.41, 5.74) is 0.679. The number of hydrogen-bond acceptors (Lipinski definition) is 6. The lowest BCUT2D eigenvalue weighted by Crippen LogP contribution is -2.35. The third kappa shape index (κ3) is 4.15. The average Bonchev–Trinajstić information content (AvgIpc) is 3.47. The van der Waals surface area contributed by atoms with E-state index in [1.807, 2.05) is 24.3 Å². The van der Waals surface area contributed by atoms with Crippen molar-refractivity contribution in [1.29, 1.82) is 0 Å². The Morgan fingerprint density at radius 2 is 1.72 bits per heavy atom. The van der Waals surface area contributed by atoms with Crippen LogP contribution in [0.15, 0.2) is 53.4 Å². The third-order valence-electron chi connectivity index (χ3n) is 5.84. The normalized spacial score (nSPS) is 14.7. The van der Waals surface area contributed by atoms with Crippen molar-refractivity contribution >= 4 is 49.0 Å². The number of sulfonamides is 1. The Morgan fingerprint density at radius 1 is 1.06 bits per heavy atom. The van der Waals surface area contributed by atoms with E-state index in [0.717, 1.165) is 35.8 Å². The zero-order chi connectivity index (χ0) is 22.9. The van der Waals surface area contributed by atoms with Crippen LogP contribution >= 0.6 is 11.3 Å². The Labute approximate surface area is 191 Å². The van der Waals surface area contributed by atoms with Crippen molar-refractivity contribution < 1.29 is 22.7 Å². The Bertz CT molecular complexity index is 1260. The summed E-state index contributed by atoms with van der Waals surface area (Å²) in [5, 5.41) is 3.54. The van der Waals surface area contributed by atoms with Crippen LogP contribution in [0.3, 0.4) is 0 Å². The van der Waals surface area contributed by atoms with Crippen LogP contribution in [0.25, 0.3) is 10.1 Å². The van der Waals surface area contributed by atoms with Gasteiger partial charge in [-0.25, -0.2) is 13.2 Å². The largest absolute Gasteiger partial charge is 0.465 e. The predicted octanol–water partition coefficient (Wildman–Crippen LogP) is 4.50. The van der Waals surface area contributed by atoms with Gasteiger partial charge in [0.05, 0.1) is 17.7 Å². The number of rotatable bonds is 6. The van der Waals surface area contributed by atoms with Gasteiger partial charge in [0.2, 0.25) is 10.0 Å². The van der Waals surface area contributed by atoms with E-state index in [4.69, 9.17) is 4.74 Å². The fourth-order valence-electron chi connectivity index (χ4n) is 4.00. The molecule has 0 spiro atoms. The molecule has 1 N–H and O–H groups in total. The number of carbonyl (C=O) groups is 2. The van der Waals surface area contributed by atoms with E-state index in [0.29, 0.717) is 16.1 Å². The van der Waals surface area contributed by atoms with E-state index in [2.05, 4.69) is 5.32 Å². The number of fused-ring (bicyclic) bond motifs is 1. The first-order valence-electron chi connectivity index (χ1n) is 10.3. The van der Waals surface area contributed by atoms with E-state index in [-0.39, 0.29) is 10.9 Å². The molecule has 0 atom stereocenters. The fraction of sp³-hybridized carbons (Fsp3) is 0.304. The van der Waals surface area contributed by atoms with Crippen molar-refractivity contribution in [2.24, 2.45) is 0 Å². The van der Waals surface area contributed by atoms with E-state index < -0.39 is 21.9 Å². The summed E-state index contributed by atoms with van der Waals surface area (Å²) in [7, 11) is -0.718. The number of esters is 1. The number of nitrogens with one attached hydrogen (secondary N) is 1. The molecule has 0 unspecified atom stereocenters. The summed E-state index contributed by atoms with van der Waals surface area (Å²) in [4.78, 5) is 25.6. The van der Waals surface area contributed by atoms with Gasteiger partial charge in [0.1, 0.15) is 4.88 Å². The van der Waals surface area contributed by atoms with Crippen molar-refractivity contribution in [3.63, 3.8) is 0 Å². The van der Waals surface area contributed by atoms with Crippen LogP contribution in [0, 0.1) is 0 Å². The number of methoxy groups -OCH3 is 1. The van der Waals surface area contributed by atoms with Gasteiger partial charge in [-0.3, -0.25) is 4.79 Å². The summed E-state index contributed by atoms with van der Waals surface area (Å²) < 4.78 is 33.0. The van der Waals surface area contributed by atoms with Gasteiger partial charge in [0.15, 0.2) is 0 Å². The van der Waals surface area contributed by atoms with E-state index >= 15 is 0 Å². The number of thiophene rings is 1. The minimum Gasteiger partial charge on any atom is -0.465 e. The molecule has 0 radical (unpaired) electrons. The molecule has 1 aliphatic rings. The van der Waals surface area contributed by atoms with Gasteiger partial charge in [0.25, 0.3) is 5.91 Å². The number of benzene rings is 2. The van der Waals surface area contributed by atoms with E-state index in [9.17, 15) is 18.0 Å². The molecule has 0 saturated heterocycles. The van der Waals surface area contributed by atoms with Crippen LogP contribution in [0.4, 0.5) is 5.69 Å². The van der Waals surface area contributed by atoms with Crippen LogP contribution in [0.5, 0.6) is 0 Å². The molecule has 9 heteroatoms. The Balaban J connectivity index is 1.58. The maximum atomic E-state index is 12.9. The summed E-state index contributed by atoms with van der Waals surface area (Å²) >= 11 is 1.24. The zero-order valence-electron chi connectivity index (χ0n) is 17.8. The van der Waals surface area contributed by atoms with Crippen molar-refractivity contribution in [2.45, 2.75) is 36.6 Å². The molecule has 1 saturated carbocycles. The summed E-state index contributed by atoms with van der Waals surface area (Å²) in [6.07, 6.45) is 3.81. The molecule has 1 heterocycles. The highest BCUT2D eigenvalue weighted by atomic mass is 32.2. The van der Waals surface area contributed by atoms with Crippen LogP contribution in [-0.2, 0) is 14.8 Å². The average molecular weight is 473 g/mol. The van der Waals surface area contributed by atoms with Crippen molar-refractivity contribution in [3.05, 3.63) is 59.0 Å². The van der Waals surface area contributed by atoms with Crippen molar-refractivity contribution in [1.82, 2.24) is 4.31 Å². The number of ether oxygens (including phenoxy) is 1. The highest BCUT2D eigenvalue weighted by Crippen LogP contribution is 2.36. The number of nitrogens with zero attached hydrogens (tertiary/aromatic N) is 1. The highest BCUT2D eigenvalue weighted by molar-refractivity contribution is 7.89. The minimum absolute atomic E-state index is 0.0200. The number of hydrogen-bond donors (Lipinski definition) is 1. The SMILES string of the molecule is COC(=O)c1sc2ccccc2c1NC(=O)c1ccc(S(=O)(=O)N(C)C2CCCC2)cc1. The van der Waals surface area contributed by atoms with Crippen LogP contribution < -0.4 is 5.32 Å². The second-order valence-corrected chi connectivity index (χ2v) is 10.8. The van der Waals surface area contributed by atoms with E-state index in [1.54, 1.807) is 7.05 Å². The second-order valence-electron chi connectivity index (χ2n) is 7.73. The first-order chi connectivity index (χ1) is 15.3. The van der Waals surface area contributed by atoms with Crippen molar-refractivity contribution in [2.75, 3.05) is 19.5 Å². The summed E-state index contributed by atoms with van der Waals surface area (Å²) in [6, 6.07) is 13.2. The molecule has 2 aromatic carbocycles. The number of anilines is 1. The van der Waals surface area contributed by atoms with Crippen molar-refractivity contribution in [3.8, 4) is 0 Å². The number of carbonyl (C=O) groups excluding carboxylic acids is 2. The maximum Gasteiger partial charge on any atom is 0.350 e. The molecule has 1 amide bonds. The fourth-order valence-corrected chi connectivity index (χ4v) is 6.49. The van der Waals surface area contributed by atoms with Gasteiger partial charge in [-0.15, -0.1) is 11.3 Å². The molecule has 32 heavy (non-hydrogen) atoms. The monoisotopic (exact) mass is 472 g/mol. The van der Waals surface area contributed by atoms with Crippen LogP contribution in [-0.4, -0.2) is 44.8 Å². The molecule has 1 aromatic heterocycles. The lowest BCUT2D eigenvalue weighted by Gasteiger charge is -2.23. The molecule has 4 rings (SSSR count). The first-order valence-corrected chi connectivity index (χ1v) is 12.6. The Morgan fingerprint density at radius 3 is 2.38 bits per heavy atom. The molecule has 168 valence electrons. The van der Waals surface area contributed by atoms with Gasteiger partial charge in [0, 0.05) is 28.7 Å². The topological polar surface area (TPSA) is 92.8 Å². The minimum atomic E-state index is -3.62. The molecule has 0 bridgehead atoms. The Hall–Kier alpha value is -2.75. The van der Waals surface area contributed by atoms with Gasteiger partial charge in [-0.1, -0.05) is 31.0 Å². The van der Waals surface area contributed by atoms with E-state index in [1.165, 1.54) is 47.0 Å². The predicted molar refractivity (Wildman–Crippen MR) is 125 cm³/mol.